The number of hydrazine groups is 1. The topological polar surface area (TPSA) is 149 Å². The monoisotopic (exact) mass is 723 g/mol. The van der Waals surface area contributed by atoms with Crippen molar-refractivity contribution in [1.29, 1.82) is 5.41 Å². The summed E-state index contributed by atoms with van der Waals surface area (Å²) in [5.74, 6) is -0.571. The second kappa shape index (κ2) is 38.8. The molecule has 0 aliphatic heterocycles. The van der Waals surface area contributed by atoms with Gasteiger partial charge in [0.1, 0.15) is 6.04 Å². The van der Waals surface area contributed by atoms with E-state index in [1.165, 1.54) is 154 Å². The van der Waals surface area contributed by atoms with Crippen LogP contribution in [0.1, 0.15) is 226 Å². The van der Waals surface area contributed by atoms with Crippen molar-refractivity contribution in [3.05, 3.63) is 10.1 Å². The van der Waals surface area contributed by atoms with E-state index in [1.54, 1.807) is 5.43 Å². The molecule has 2 amide bonds. The number of amides is 2. The lowest BCUT2D eigenvalue weighted by Gasteiger charge is -2.19. The maximum atomic E-state index is 13.0. The van der Waals surface area contributed by atoms with E-state index in [-0.39, 0.29) is 17.8 Å². The highest BCUT2D eigenvalue weighted by atomic mass is 16.7. The summed E-state index contributed by atoms with van der Waals surface area (Å²) in [5.41, 5.74) is 1.77. The van der Waals surface area contributed by atoms with Gasteiger partial charge in [-0.1, -0.05) is 193 Å². The van der Waals surface area contributed by atoms with Gasteiger partial charge in [-0.25, -0.2) is 10.1 Å². The Morgan fingerprint density at radius 1 is 0.529 bits per heavy atom. The number of hydrogen-bond donors (Lipinski definition) is 5. The minimum Gasteiger partial charge on any atom is -0.354 e. The Kier molecular flexibility index (Phi) is 37.0. The third-order valence-corrected chi connectivity index (χ3v) is 9.91. The molecule has 0 aromatic heterocycles. The largest absolute Gasteiger partial charge is 0.354 e. The molecule has 0 aromatic carbocycles. The van der Waals surface area contributed by atoms with Crippen LogP contribution in [0.25, 0.3) is 0 Å². The summed E-state index contributed by atoms with van der Waals surface area (Å²) >= 11 is 0. The summed E-state index contributed by atoms with van der Waals surface area (Å²) < 4.78 is 0. The molecule has 10 nitrogen and oxygen atoms in total. The summed E-state index contributed by atoms with van der Waals surface area (Å²) in [4.78, 5) is 36.3. The van der Waals surface area contributed by atoms with Crippen molar-refractivity contribution >= 4 is 17.8 Å². The Morgan fingerprint density at radius 2 is 0.882 bits per heavy atom. The van der Waals surface area contributed by atoms with Crippen molar-refractivity contribution in [3.63, 3.8) is 0 Å². The minimum absolute atomic E-state index is 0.0730. The summed E-state index contributed by atoms with van der Waals surface area (Å²) in [7, 11) is 0. The highest BCUT2D eigenvalue weighted by molar-refractivity contribution is 5.87. The maximum absolute atomic E-state index is 13.0. The average Bonchev–Trinajstić information content (AvgIpc) is 3.10. The van der Waals surface area contributed by atoms with E-state index in [0.29, 0.717) is 38.8 Å². The molecule has 0 heterocycles. The first-order chi connectivity index (χ1) is 24.9. The van der Waals surface area contributed by atoms with Crippen molar-refractivity contribution in [2.75, 3.05) is 13.1 Å². The Bertz CT molecular complexity index is 828. The number of nitrogens with zero attached hydrogens (tertiary/aromatic N) is 1. The summed E-state index contributed by atoms with van der Waals surface area (Å²) in [5, 5.41) is 25.8. The summed E-state index contributed by atoms with van der Waals surface area (Å²) in [6.45, 7) is 5.51. The maximum Gasteiger partial charge on any atom is 0.251 e. The average molecular weight is 723 g/mol. The second-order valence-electron chi connectivity index (χ2n) is 14.9. The molecular formula is C41H82N6O4. The number of carbonyl (C=O) groups excluding carboxylic acids is 2. The fourth-order valence-electron chi connectivity index (χ4n) is 6.66. The predicted octanol–water partition coefficient (Wildman–Crippen LogP) is 10.8. The number of nitro groups is 1. The van der Waals surface area contributed by atoms with E-state index in [4.69, 9.17) is 5.41 Å². The number of nitrogens with one attached hydrogen (secondary N) is 5. The van der Waals surface area contributed by atoms with Gasteiger partial charge in [0, 0.05) is 19.5 Å². The van der Waals surface area contributed by atoms with Crippen molar-refractivity contribution in [1.82, 2.24) is 21.4 Å². The quantitative estimate of drug-likeness (QED) is 0.0140. The zero-order chi connectivity index (χ0) is 37.5. The van der Waals surface area contributed by atoms with Crippen molar-refractivity contribution in [2.24, 2.45) is 0 Å². The molecule has 0 spiro atoms. The van der Waals surface area contributed by atoms with Crippen LogP contribution in [0.5, 0.6) is 0 Å². The molecule has 5 N–H and O–H groups in total. The number of guanidine groups is 1. The first-order valence-electron chi connectivity index (χ1n) is 21.7. The molecule has 0 bridgehead atoms. The molecule has 0 radical (unpaired) electrons. The van der Waals surface area contributed by atoms with Crippen LogP contribution in [0.4, 0.5) is 0 Å². The number of carbonyl (C=O) groups is 2. The van der Waals surface area contributed by atoms with Crippen LogP contribution in [0.15, 0.2) is 0 Å². The molecule has 0 aliphatic rings. The van der Waals surface area contributed by atoms with Crippen molar-refractivity contribution in [2.45, 2.75) is 232 Å². The fraction of sp³-hybridized carbons (Fsp3) is 0.927. The summed E-state index contributed by atoms with van der Waals surface area (Å²) in [6, 6.07) is -0.586. The van der Waals surface area contributed by atoms with Crippen LogP contribution in [-0.4, -0.2) is 41.9 Å². The molecule has 0 aliphatic carbocycles. The third-order valence-electron chi connectivity index (χ3n) is 9.91. The van der Waals surface area contributed by atoms with E-state index in [9.17, 15) is 19.7 Å². The van der Waals surface area contributed by atoms with Crippen molar-refractivity contribution < 1.29 is 14.6 Å². The molecule has 0 fully saturated rings. The lowest BCUT2D eigenvalue weighted by atomic mass is 10.0. The standard InChI is InChI=1S/C41H82N6O4/c1-3-5-7-9-11-13-15-16-17-18-19-20-21-22-23-24-26-28-30-35-39(48)45-38(34-31-33-37-44-41(42)46-47(50)51)40(49)43-36-32-29-27-25-14-12-10-8-6-4-2/h38H,3-37H2,1-2H3,(H,43,49)(H,45,48)(H3,42,44,46). The Labute approximate surface area is 313 Å². The molecule has 0 saturated heterocycles. The molecule has 0 aromatic rings. The highest BCUT2D eigenvalue weighted by Gasteiger charge is 2.20. The first kappa shape index (κ1) is 48.6. The van der Waals surface area contributed by atoms with Gasteiger partial charge in [-0.3, -0.25) is 15.0 Å². The molecule has 10 heteroatoms. The SMILES string of the molecule is CCCCCCCCCCCCCCCCCCCCCC(=O)NC(CCCCNC(=N)N[N+](=O)[O-])C(=O)NCCCCCCCCCCCC. The van der Waals surface area contributed by atoms with Gasteiger partial charge in [0.15, 0.2) is 5.03 Å². The number of hydrogen-bond acceptors (Lipinski definition) is 5. The van der Waals surface area contributed by atoms with Crippen LogP contribution in [0.3, 0.4) is 0 Å². The Morgan fingerprint density at radius 3 is 1.29 bits per heavy atom. The number of rotatable bonds is 39. The molecule has 1 unspecified atom stereocenters. The molecule has 51 heavy (non-hydrogen) atoms. The van der Waals surface area contributed by atoms with Gasteiger partial charge in [0.05, 0.1) is 0 Å². The zero-order valence-corrected chi connectivity index (χ0v) is 33.4. The van der Waals surface area contributed by atoms with Crippen LogP contribution < -0.4 is 21.4 Å². The Balaban J connectivity index is 4.10. The summed E-state index contributed by atoms with van der Waals surface area (Å²) in [6.07, 6.45) is 39.6. The number of unbranched alkanes of at least 4 members (excludes halogenated alkanes) is 28. The van der Waals surface area contributed by atoms with Gasteiger partial charge in [-0.05, 0) is 32.1 Å². The van der Waals surface area contributed by atoms with E-state index in [1.807, 2.05) is 0 Å². The van der Waals surface area contributed by atoms with Gasteiger partial charge in [-0.15, -0.1) is 0 Å². The van der Waals surface area contributed by atoms with Crippen LogP contribution in [-0.2, 0) is 9.59 Å². The van der Waals surface area contributed by atoms with Crippen LogP contribution in [0, 0.1) is 15.5 Å². The predicted molar refractivity (Wildman–Crippen MR) is 215 cm³/mol. The smallest absolute Gasteiger partial charge is 0.251 e. The van der Waals surface area contributed by atoms with Gasteiger partial charge >= 0.3 is 0 Å². The zero-order valence-electron chi connectivity index (χ0n) is 33.4. The van der Waals surface area contributed by atoms with E-state index in [2.05, 4.69) is 29.8 Å². The Hall–Kier alpha value is -2.39. The van der Waals surface area contributed by atoms with Gasteiger partial charge < -0.3 is 16.0 Å². The molecule has 300 valence electrons. The van der Waals surface area contributed by atoms with Crippen LogP contribution >= 0.6 is 0 Å². The van der Waals surface area contributed by atoms with Gasteiger partial charge in [0.25, 0.3) is 5.96 Å². The van der Waals surface area contributed by atoms with Crippen molar-refractivity contribution in [3.8, 4) is 0 Å². The van der Waals surface area contributed by atoms with E-state index < -0.39 is 11.1 Å². The van der Waals surface area contributed by atoms with E-state index >= 15 is 0 Å². The first-order valence-corrected chi connectivity index (χ1v) is 21.7. The highest BCUT2D eigenvalue weighted by Crippen LogP contribution is 2.15. The van der Waals surface area contributed by atoms with Gasteiger partial charge in [0.2, 0.25) is 11.8 Å². The van der Waals surface area contributed by atoms with Gasteiger partial charge in [-0.2, -0.15) is 0 Å². The normalized spacial score (nSPS) is 11.6. The van der Waals surface area contributed by atoms with Crippen LogP contribution in [0.2, 0.25) is 0 Å². The molecule has 0 rings (SSSR count). The molecule has 1 atom stereocenters. The molecular weight excluding hydrogens is 640 g/mol. The lowest BCUT2D eigenvalue weighted by Crippen LogP contribution is -2.47. The minimum atomic E-state index is -0.777. The third kappa shape index (κ3) is 37.2. The molecule has 0 saturated carbocycles. The second-order valence-corrected chi connectivity index (χ2v) is 14.9. The lowest BCUT2D eigenvalue weighted by molar-refractivity contribution is -0.525. The van der Waals surface area contributed by atoms with E-state index in [0.717, 1.165) is 32.1 Å². The fourth-order valence-corrected chi connectivity index (χ4v) is 6.66.